The van der Waals surface area contributed by atoms with Gasteiger partial charge < -0.3 is 14.6 Å². The molecule has 0 atom stereocenters. The summed E-state index contributed by atoms with van der Waals surface area (Å²) in [6, 6.07) is 7.53. The fourth-order valence-electron chi connectivity index (χ4n) is 2.49. The molecule has 1 N–H and O–H groups in total. The van der Waals surface area contributed by atoms with E-state index in [1.165, 1.54) is 12.8 Å². The van der Waals surface area contributed by atoms with Crippen molar-refractivity contribution in [1.82, 2.24) is 9.88 Å². The smallest absolute Gasteiger partial charge is 0.270 e. The highest BCUT2D eigenvalue weighted by atomic mass is 35.5. The standard InChI is InChI=1S/C16H19ClN2O2/c1-21-8-7-19(10-11-5-6-11)16(20)14-9-12-3-2-4-13(17)15(12)18-14/h2-4,9,11,18H,5-8,10H2,1H3. The van der Waals surface area contributed by atoms with Crippen molar-refractivity contribution < 1.29 is 9.53 Å². The first-order valence-corrected chi connectivity index (χ1v) is 7.62. The van der Waals surface area contributed by atoms with Crippen molar-refractivity contribution in [2.45, 2.75) is 12.8 Å². The van der Waals surface area contributed by atoms with Gasteiger partial charge in [-0.25, -0.2) is 0 Å². The first-order chi connectivity index (χ1) is 10.2. The summed E-state index contributed by atoms with van der Waals surface area (Å²) in [5.41, 5.74) is 1.41. The summed E-state index contributed by atoms with van der Waals surface area (Å²) in [5, 5.41) is 1.60. The van der Waals surface area contributed by atoms with Gasteiger partial charge in [0.15, 0.2) is 0 Å². The van der Waals surface area contributed by atoms with Gasteiger partial charge in [0, 0.05) is 25.6 Å². The Bertz CT molecular complexity index is 649. The maximum atomic E-state index is 12.7. The van der Waals surface area contributed by atoms with Gasteiger partial charge in [0.2, 0.25) is 0 Å². The third-order valence-electron chi connectivity index (χ3n) is 3.86. The molecular formula is C16H19ClN2O2. The number of carbonyl (C=O) groups is 1. The molecule has 4 nitrogen and oxygen atoms in total. The second-order valence-corrected chi connectivity index (χ2v) is 5.98. The van der Waals surface area contributed by atoms with Crippen molar-refractivity contribution >= 4 is 28.4 Å². The zero-order valence-corrected chi connectivity index (χ0v) is 12.8. The van der Waals surface area contributed by atoms with Crippen LogP contribution in [0.15, 0.2) is 24.3 Å². The van der Waals surface area contributed by atoms with Gasteiger partial charge in [-0.1, -0.05) is 23.7 Å². The van der Waals surface area contributed by atoms with Gasteiger partial charge in [-0.3, -0.25) is 4.79 Å². The first kappa shape index (κ1) is 14.4. The molecule has 1 amide bonds. The summed E-state index contributed by atoms with van der Waals surface area (Å²) in [7, 11) is 1.66. The molecule has 21 heavy (non-hydrogen) atoms. The minimum absolute atomic E-state index is 0.0196. The number of H-pyrrole nitrogens is 1. The molecule has 1 aromatic heterocycles. The molecule has 1 saturated carbocycles. The molecule has 5 heteroatoms. The highest BCUT2D eigenvalue weighted by molar-refractivity contribution is 6.35. The zero-order chi connectivity index (χ0) is 14.8. The van der Waals surface area contributed by atoms with Crippen LogP contribution in [0, 0.1) is 5.92 Å². The van der Waals surface area contributed by atoms with E-state index >= 15 is 0 Å². The second kappa shape index (κ2) is 6.08. The van der Waals surface area contributed by atoms with E-state index in [-0.39, 0.29) is 5.91 Å². The number of nitrogens with zero attached hydrogens (tertiary/aromatic N) is 1. The number of methoxy groups -OCH3 is 1. The van der Waals surface area contributed by atoms with Gasteiger partial charge >= 0.3 is 0 Å². The van der Waals surface area contributed by atoms with Gasteiger partial charge in [-0.2, -0.15) is 0 Å². The number of hydrogen-bond acceptors (Lipinski definition) is 2. The molecule has 1 fully saturated rings. The Morgan fingerprint density at radius 3 is 2.95 bits per heavy atom. The third kappa shape index (κ3) is 3.22. The van der Waals surface area contributed by atoms with Crippen LogP contribution in [0.1, 0.15) is 23.3 Å². The fraction of sp³-hybridized carbons (Fsp3) is 0.438. The first-order valence-electron chi connectivity index (χ1n) is 7.24. The predicted molar refractivity (Wildman–Crippen MR) is 83.8 cm³/mol. The molecule has 0 bridgehead atoms. The monoisotopic (exact) mass is 306 g/mol. The molecule has 0 unspecified atom stereocenters. The lowest BCUT2D eigenvalue weighted by Gasteiger charge is -2.21. The van der Waals surface area contributed by atoms with Crippen LogP contribution in [0.5, 0.6) is 0 Å². The van der Waals surface area contributed by atoms with E-state index < -0.39 is 0 Å². The van der Waals surface area contributed by atoms with Gasteiger partial charge in [0.1, 0.15) is 5.69 Å². The predicted octanol–water partition coefficient (Wildman–Crippen LogP) is 3.32. The van der Waals surface area contributed by atoms with Crippen molar-refractivity contribution in [3.05, 3.63) is 35.0 Å². The van der Waals surface area contributed by atoms with Crippen LogP contribution in [-0.2, 0) is 4.74 Å². The molecule has 1 aliphatic carbocycles. The quantitative estimate of drug-likeness (QED) is 0.890. The summed E-state index contributed by atoms with van der Waals surface area (Å²) in [5.74, 6) is 0.671. The number of nitrogens with one attached hydrogen (secondary N) is 1. The topological polar surface area (TPSA) is 45.3 Å². The summed E-state index contributed by atoms with van der Waals surface area (Å²) in [6.45, 7) is 1.99. The van der Waals surface area contributed by atoms with Crippen molar-refractivity contribution in [2.75, 3.05) is 26.8 Å². The molecule has 1 aromatic carbocycles. The van der Waals surface area contributed by atoms with Gasteiger partial charge in [-0.15, -0.1) is 0 Å². The van der Waals surface area contributed by atoms with Crippen LogP contribution in [0.2, 0.25) is 5.02 Å². The molecule has 112 valence electrons. The van der Waals surface area contributed by atoms with E-state index in [1.54, 1.807) is 7.11 Å². The number of aromatic amines is 1. The van der Waals surface area contributed by atoms with Gasteiger partial charge in [-0.05, 0) is 30.9 Å². The third-order valence-corrected chi connectivity index (χ3v) is 4.18. The number of halogens is 1. The van der Waals surface area contributed by atoms with Crippen LogP contribution in [0.3, 0.4) is 0 Å². The Morgan fingerprint density at radius 2 is 2.29 bits per heavy atom. The van der Waals surface area contributed by atoms with Crippen molar-refractivity contribution in [2.24, 2.45) is 5.92 Å². The lowest BCUT2D eigenvalue weighted by molar-refractivity contribution is 0.0681. The second-order valence-electron chi connectivity index (χ2n) is 5.57. The van der Waals surface area contributed by atoms with Crippen molar-refractivity contribution in [3.8, 4) is 0 Å². The Labute approximate surface area is 129 Å². The molecule has 0 saturated heterocycles. The molecule has 0 aliphatic heterocycles. The SMILES string of the molecule is COCCN(CC1CC1)C(=O)c1cc2cccc(Cl)c2[nH]1. The fourth-order valence-corrected chi connectivity index (χ4v) is 2.72. The van der Waals surface area contributed by atoms with Gasteiger partial charge in [0.25, 0.3) is 5.91 Å². The van der Waals surface area contributed by atoms with Crippen LogP contribution >= 0.6 is 11.6 Å². The minimum atomic E-state index is 0.0196. The number of rotatable bonds is 6. The summed E-state index contributed by atoms with van der Waals surface area (Å²) >= 11 is 6.16. The average Bonchev–Trinajstić information content (AvgIpc) is 3.18. The maximum absolute atomic E-state index is 12.7. The Hall–Kier alpha value is -1.52. The number of benzene rings is 1. The van der Waals surface area contributed by atoms with Gasteiger partial charge in [0.05, 0.1) is 17.1 Å². The number of hydrogen-bond donors (Lipinski definition) is 1. The Morgan fingerprint density at radius 1 is 1.48 bits per heavy atom. The average molecular weight is 307 g/mol. The Kier molecular flexibility index (Phi) is 4.17. The number of aromatic nitrogens is 1. The number of ether oxygens (including phenoxy) is 1. The number of fused-ring (bicyclic) bond motifs is 1. The van der Waals surface area contributed by atoms with E-state index in [0.29, 0.717) is 29.8 Å². The lowest BCUT2D eigenvalue weighted by atomic mass is 10.2. The van der Waals surface area contributed by atoms with E-state index in [4.69, 9.17) is 16.3 Å². The Balaban J connectivity index is 1.83. The van der Waals surface area contributed by atoms with Crippen LogP contribution in [0.25, 0.3) is 10.9 Å². The van der Waals surface area contributed by atoms with Crippen molar-refractivity contribution in [3.63, 3.8) is 0 Å². The molecular weight excluding hydrogens is 288 g/mol. The number of amides is 1. The lowest BCUT2D eigenvalue weighted by Crippen LogP contribution is -2.35. The van der Waals surface area contributed by atoms with E-state index in [2.05, 4.69) is 4.98 Å². The molecule has 0 radical (unpaired) electrons. The van der Waals surface area contributed by atoms with E-state index in [1.807, 2.05) is 29.2 Å². The normalized spacial score (nSPS) is 14.6. The largest absolute Gasteiger partial charge is 0.383 e. The number of carbonyl (C=O) groups excluding carboxylic acids is 1. The maximum Gasteiger partial charge on any atom is 0.270 e. The summed E-state index contributed by atoms with van der Waals surface area (Å²) in [6.07, 6.45) is 2.44. The minimum Gasteiger partial charge on any atom is -0.383 e. The van der Waals surface area contributed by atoms with E-state index in [0.717, 1.165) is 17.4 Å². The van der Waals surface area contributed by atoms with Crippen LogP contribution in [0.4, 0.5) is 0 Å². The molecule has 1 heterocycles. The molecule has 1 aliphatic rings. The van der Waals surface area contributed by atoms with Crippen molar-refractivity contribution in [1.29, 1.82) is 0 Å². The summed E-state index contributed by atoms with van der Waals surface area (Å²) in [4.78, 5) is 17.7. The highest BCUT2D eigenvalue weighted by Gasteiger charge is 2.27. The highest BCUT2D eigenvalue weighted by Crippen LogP contribution is 2.30. The molecule has 0 spiro atoms. The number of para-hydroxylation sites is 1. The van der Waals surface area contributed by atoms with Crippen LogP contribution in [-0.4, -0.2) is 42.6 Å². The van der Waals surface area contributed by atoms with Crippen LogP contribution < -0.4 is 0 Å². The summed E-state index contributed by atoms with van der Waals surface area (Å²) < 4.78 is 5.11. The molecule has 2 aromatic rings. The van der Waals surface area contributed by atoms with E-state index in [9.17, 15) is 4.79 Å². The molecule has 3 rings (SSSR count). The zero-order valence-electron chi connectivity index (χ0n) is 12.1.